The Bertz CT molecular complexity index is 280. The van der Waals surface area contributed by atoms with Crippen molar-refractivity contribution in [3.63, 3.8) is 0 Å². The third-order valence-corrected chi connectivity index (χ3v) is 3.72. The Labute approximate surface area is 127 Å². The van der Waals surface area contributed by atoms with Gasteiger partial charge in [-0.1, -0.05) is 31.9 Å². The predicted octanol–water partition coefficient (Wildman–Crippen LogP) is 1.40. The van der Waals surface area contributed by atoms with Crippen LogP contribution < -0.4 is 0 Å². The highest BCUT2D eigenvalue weighted by molar-refractivity contribution is 4.88. The molecule has 0 aromatic carbocycles. The molecule has 124 valence electrons. The summed E-state index contributed by atoms with van der Waals surface area (Å²) in [6, 6.07) is 0. The second-order valence-corrected chi connectivity index (χ2v) is 5.56. The van der Waals surface area contributed by atoms with Gasteiger partial charge in [0, 0.05) is 6.61 Å². The molecule has 0 amide bonds. The van der Waals surface area contributed by atoms with Crippen LogP contribution in [-0.4, -0.2) is 59.6 Å². The third kappa shape index (κ3) is 6.89. The van der Waals surface area contributed by atoms with E-state index in [1.54, 1.807) is 0 Å². The first-order valence-corrected chi connectivity index (χ1v) is 8.05. The Balaban J connectivity index is 2.15. The Morgan fingerprint density at radius 1 is 1.14 bits per heavy atom. The minimum Gasteiger partial charge on any atom is -0.394 e. The lowest BCUT2D eigenvalue weighted by Gasteiger charge is -2.37. The van der Waals surface area contributed by atoms with Crippen LogP contribution in [0.5, 0.6) is 0 Å². The van der Waals surface area contributed by atoms with Gasteiger partial charge in [0.25, 0.3) is 0 Å². The molecule has 0 radical (unpaired) electrons. The number of ether oxygens (including phenoxy) is 2. The van der Waals surface area contributed by atoms with Crippen LogP contribution in [0.3, 0.4) is 0 Å². The second kappa shape index (κ2) is 11.2. The van der Waals surface area contributed by atoms with E-state index in [2.05, 4.69) is 19.1 Å². The highest BCUT2D eigenvalue weighted by atomic mass is 16.6. The zero-order chi connectivity index (χ0) is 15.5. The summed E-state index contributed by atoms with van der Waals surface area (Å²) in [7, 11) is 0. The van der Waals surface area contributed by atoms with Gasteiger partial charge >= 0.3 is 0 Å². The molecule has 0 aromatic heterocycles. The highest BCUT2D eigenvalue weighted by Gasteiger charge is 2.39. The van der Waals surface area contributed by atoms with E-state index in [-0.39, 0.29) is 13.2 Å². The van der Waals surface area contributed by atoms with Gasteiger partial charge in [0.1, 0.15) is 24.4 Å². The van der Waals surface area contributed by atoms with E-state index < -0.39 is 24.4 Å². The molecule has 0 spiro atoms. The van der Waals surface area contributed by atoms with Crippen molar-refractivity contribution in [2.24, 2.45) is 0 Å². The van der Waals surface area contributed by atoms with E-state index in [0.717, 1.165) is 19.3 Å². The molecule has 1 saturated heterocycles. The number of hydrogen-bond acceptors (Lipinski definition) is 5. The van der Waals surface area contributed by atoms with Gasteiger partial charge in [-0.2, -0.15) is 0 Å². The summed E-state index contributed by atoms with van der Waals surface area (Å²) in [5.41, 5.74) is 0. The van der Waals surface area contributed by atoms with Crippen LogP contribution in [0.15, 0.2) is 12.2 Å². The molecule has 0 unspecified atom stereocenters. The molecule has 5 heteroatoms. The minimum absolute atomic E-state index is 0.0345. The maximum Gasteiger partial charge on any atom is 0.114 e. The van der Waals surface area contributed by atoms with Gasteiger partial charge in [-0.25, -0.2) is 0 Å². The van der Waals surface area contributed by atoms with Crippen LogP contribution in [0.1, 0.15) is 45.4 Å². The van der Waals surface area contributed by atoms with Crippen molar-refractivity contribution in [1.29, 1.82) is 0 Å². The smallest absolute Gasteiger partial charge is 0.114 e. The Morgan fingerprint density at radius 3 is 2.52 bits per heavy atom. The van der Waals surface area contributed by atoms with Crippen LogP contribution in [-0.2, 0) is 9.47 Å². The molecule has 1 fully saturated rings. The van der Waals surface area contributed by atoms with Crippen molar-refractivity contribution in [3.05, 3.63) is 12.2 Å². The molecule has 21 heavy (non-hydrogen) atoms. The number of allylic oxidation sites excluding steroid dienone is 2. The fraction of sp³-hybridized carbons (Fsp3) is 0.875. The molecule has 1 rings (SSSR count). The molecular formula is C16H30O5. The first kappa shape index (κ1) is 18.6. The van der Waals surface area contributed by atoms with Crippen LogP contribution in [0.25, 0.3) is 0 Å². The predicted molar refractivity (Wildman–Crippen MR) is 81.1 cm³/mol. The van der Waals surface area contributed by atoms with Crippen molar-refractivity contribution >= 4 is 0 Å². The lowest BCUT2D eigenvalue weighted by molar-refractivity contribution is -0.211. The maximum absolute atomic E-state index is 9.88. The number of aliphatic hydroxyl groups excluding tert-OH is 3. The Hall–Kier alpha value is -0.460. The second-order valence-electron chi connectivity index (χ2n) is 5.56. The van der Waals surface area contributed by atoms with Gasteiger partial charge in [-0.15, -0.1) is 0 Å². The molecule has 1 aliphatic rings. The van der Waals surface area contributed by atoms with Crippen LogP contribution in [0.4, 0.5) is 0 Å². The first-order chi connectivity index (χ1) is 10.2. The monoisotopic (exact) mass is 302 g/mol. The van der Waals surface area contributed by atoms with Gasteiger partial charge < -0.3 is 24.8 Å². The number of hydrogen-bond donors (Lipinski definition) is 3. The molecule has 5 nitrogen and oxygen atoms in total. The van der Waals surface area contributed by atoms with Gasteiger partial charge in [0.2, 0.25) is 0 Å². The largest absolute Gasteiger partial charge is 0.394 e. The van der Waals surface area contributed by atoms with E-state index >= 15 is 0 Å². The molecule has 0 aliphatic carbocycles. The number of aliphatic hydroxyl groups is 3. The summed E-state index contributed by atoms with van der Waals surface area (Å²) in [4.78, 5) is 0. The SMILES string of the molecule is CCCCC/C=C/CCCO[C@@H]1[C@@H](O)[C@H](O)CO[C@H]1CO. The lowest BCUT2D eigenvalue weighted by Crippen LogP contribution is -2.55. The first-order valence-electron chi connectivity index (χ1n) is 8.05. The summed E-state index contributed by atoms with van der Waals surface area (Å²) >= 11 is 0. The van der Waals surface area contributed by atoms with E-state index in [0.29, 0.717) is 6.61 Å². The maximum atomic E-state index is 9.88. The Kier molecular flexibility index (Phi) is 9.87. The molecule has 1 aliphatic heterocycles. The number of rotatable bonds is 10. The molecule has 4 atom stereocenters. The average molecular weight is 302 g/mol. The van der Waals surface area contributed by atoms with Crippen LogP contribution >= 0.6 is 0 Å². The molecule has 0 saturated carbocycles. The third-order valence-electron chi connectivity index (χ3n) is 3.72. The van der Waals surface area contributed by atoms with Gasteiger partial charge in [-0.3, -0.25) is 0 Å². The fourth-order valence-corrected chi connectivity index (χ4v) is 2.39. The Morgan fingerprint density at radius 2 is 1.86 bits per heavy atom. The molecular weight excluding hydrogens is 272 g/mol. The summed E-state index contributed by atoms with van der Waals surface area (Å²) in [6.45, 7) is 2.49. The summed E-state index contributed by atoms with van der Waals surface area (Å²) in [6.07, 6.45) is 7.86. The standard InChI is InChI=1S/C16H30O5/c1-2-3-4-5-6-7-8-9-10-20-16-14(11-17)21-12-13(18)15(16)19/h6-7,13-19H,2-5,8-12H2,1H3/b7-6+/t13-,14+,15+,16+/m1/s1. The summed E-state index contributed by atoms with van der Waals surface area (Å²) in [5, 5.41) is 28.6. The summed E-state index contributed by atoms with van der Waals surface area (Å²) < 4.78 is 10.8. The number of unbranched alkanes of at least 4 members (excludes halogenated alkanes) is 4. The van der Waals surface area contributed by atoms with Crippen LogP contribution in [0.2, 0.25) is 0 Å². The van der Waals surface area contributed by atoms with Crippen molar-refractivity contribution in [2.45, 2.75) is 69.9 Å². The minimum atomic E-state index is -1.000. The fourth-order valence-electron chi connectivity index (χ4n) is 2.39. The van der Waals surface area contributed by atoms with E-state index in [1.165, 1.54) is 19.3 Å². The van der Waals surface area contributed by atoms with Crippen LogP contribution in [0, 0.1) is 0 Å². The normalized spacial score (nSPS) is 30.1. The quantitative estimate of drug-likeness (QED) is 0.420. The van der Waals surface area contributed by atoms with Gasteiger partial charge in [0.05, 0.1) is 13.2 Å². The van der Waals surface area contributed by atoms with Crippen molar-refractivity contribution < 1.29 is 24.8 Å². The van der Waals surface area contributed by atoms with Gasteiger partial charge in [0.15, 0.2) is 0 Å². The lowest BCUT2D eigenvalue weighted by atomic mass is 10.0. The highest BCUT2D eigenvalue weighted by Crippen LogP contribution is 2.19. The summed E-state index contributed by atoms with van der Waals surface area (Å²) in [5.74, 6) is 0. The molecule has 0 aromatic rings. The average Bonchev–Trinajstić information content (AvgIpc) is 2.49. The van der Waals surface area contributed by atoms with Crippen molar-refractivity contribution in [3.8, 4) is 0 Å². The van der Waals surface area contributed by atoms with E-state index in [1.807, 2.05) is 0 Å². The van der Waals surface area contributed by atoms with Crippen molar-refractivity contribution in [2.75, 3.05) is 19.8 Å². The van der Waals surface area contributed by atoms with Crippen molar-refractivity contribution in [1.82, 2.24) is 0 Å². The zero-order valence-corrected chi connectivity index (χ0v) is 13.0. The zero-order valence-electron chi connectivity index (χ0n) is 13.0. The molecule has 0 bridgehead atoms. The van der Waals surface area contributed by atoms with Gasteiger partial charge in [-0.05, 0) is 25.7 Å². The topological polar surface area (TPSA) is 79.2 Å². The van der Waals surface area contributed by atoms with E-state index in [4.69, 9.17) is 9.47 Å². The molecule has 1 heterocycles. The molecule has 3 N–H and O–H groups in total. The van der Waals surface area contributed by atoms with E-state index in [9.17, 15) is 15.3 Å².